The highest BCUT2D eigenvalue weighted by Gasteiger charge is 2.19. The second-order valence-electron chi connectivity index (χ2n) is 8.84. The standard InChI is InChI=1S/C29H25N3O4/c1-29(2,3)36-28(35)32-24-15-14-21(13-12-20-8-5-4-6-9-20)17-25(24)31-27(34)18-26(33)23-11-7-10-22(16-23)19-30/h4-11,14-17H,18H2,1-3H3,(H,31,34)(H,32,35). The van der Waals surface area contributed by atoms with Gasteiger partial charge in [-0.3, -0.25) is 14.9 Å². The monoisotopic (exact) mass is 479 g/mol. The predicted octanol–water partition coefficient (Wildman–Crippen LogP) is 5.52. The first-order valence-electron chi connectivity index (χ1n) is 11.2. The van der Waals surface area contributed by atoms with Crippen LogP contribution in [-0.2, 0) is 9.53 Å². The van der Waals surface area contributed by atoms with Crippen molar-refractivity contribution in [1.82, 2.24) is 0 Å². The molecule has 180 valence electrons. The third kappa shape index (κ3) is 7.86. The van der Waals surface area contributed by atoms with Crippen LogP contribution in [0.25, 0.3) is 0 Å². The van der Waals surface area contributed by atoms with E-state index < -0.39 is 29.8 Å². The van der Waals surface area contributed by atoms with Gasteiger partial charge in [-0.1, -0.05) is 42.2 Å². The third-order valence-corrected chi connectivity index (χ3v) is 4.69. The van der Waals surface area contributed by atoms with Gasteiger partial charge in [0.15, 0.2) is 5.78 Å². The molecule has 0 heterocycles. The van der Waals surface area contributed by atoms with Gasteiger partial charge in [0.25, 0.3) is 0 Å². The molecule has 0 spiro atoms. The van der Waals surface area contributed by atoms with Gasteiger partial charge in [0.05, 0.1) is 29.4 Å². The van der Waals surface area contributed by atoms with Gasteiger partial charge in [-0.05, 0) is 63.2 Å². The summed E-state index contributed by atoms with van der Waals surface area (Å²) in [6.07, 6.45) is -1.13. The Hall–Kier alpha value is -4.88. The highest BCUT2D eigenvalue weighted by molar-refractivity contribution is 6.12. The van der Waals surface area contributed by atoms with Crippen LogP contribution in [0.5, 0.6) is 0 Å². The van der Waals surface area contributed by atoms with E-state index in [-0.39, 0.29) is 11.3 Å². The van der Waals surface area contributed by atoms with Crippen molar-refractivity contribution in [3.63, 3.8) is 0 Å². The molecule has 3 aromatic carbocycles. The SMILES string of the molecule is CC(C)(C)OC(=O)Nc1ccc(C#Cc2ccccc2)cc1NC(=O)CC(=O)c1cccc(C#N)c1. The summed E-state index contributed by atoms with van der Waals surface area (Å²) in [6.45, 7) is 5.22. The molecule has 0 aliphatic rings. The summed E-state index contributed by atoms with van der Waals surface area (Å²) in [6, 6.07) is 22.4. The number of carbonyl (C=O) groups excluding carboxylic acids is 3. The van der Waals surface area contributed by atoms with Gasteiger partial charge in [-0.15, -0.1) is 0 Å². The number of ketones is 1. The number of ether oxygens (including phenoxy) is 1. The fourth-order valence-electron chi connectivity index (χ4n) is 3.12. The molecule has 0 radical (unpaired) electrons. The first kappa shape index (κ1) is 25.7. The van der Waals surface area contributed by atoms with Crippen molar-refractivity contribution in [2.75, 3.05) is 10.6 Å². The maximum absolute atomic E-state index is 12.7. The maximum Gasteiger partial charge on any atom is 0.412 e. The number of rotatable bonds is 5. The average Bonchev–Trinajstić information content (AvgIpc) is 2.83. The van der Waals surface area contributed by atoms with Gasteiger partial charge in [0, 0.05) is 16.7 Å². The van der Waals surface area contributed by atoms with Gasteiger partial charge < -0.3 is 10.1 Å². The molecule has 0 aliphatic heterocycles. The quantitative estimate of drug-likeness (QED) is 0.285. The Bertz CT molecular complexity index is 1390. The molecule has 3 rings (SSSR count). The Morgan fingerprint density at radius 1 is 0.806 bits per heavy atom. The molecule has 3 aromatic rings. The molecule has 0 saturated carbocycles. The van der Waals surface area contributed by atoms with E-state index in [4.69, 9.17) is 10.00 Å². The van der Waals surface area contributed by atoms with E-state index in [1.54, 1.807) is 57.2 Å². The molecule has 2 N–H and O–H groups in total. The summed E-state index contributed by atoms with van der Waals surface area (Å²) in [5, 5.41) is 14.4. The highest BCUT2D eigenvalue weighted by atomic mass is 16.6. The largest absolute Gasteiger partial charge is 0.444 e. The Morgan fingerprint density at radius 3 is 2.19 bits per heavy atom. The van der Waals surface area contributed by atoms with Crippen LogP contribution in [0.15, 0.2) is 72.8 Å². The van der Waals surface area contributed by atoms with E-state index in [2.05, 4.69) is 22.5 Å². The summed E-state index contributed by atoms with van der Waals surface area (Å²) >= 11 is 0. The summed E-state index contributed by atoms with van der Waals surface area (Å²) in [5.41, 5.74) is 1.86. The number of amides is 2. The molecule has 7 heteroatoms. The lowest BCUT2D eigenvalue weighted by Crippen LogP contribution is -2.27. The number of hydrogen-bond donors (Lipinski definition) is 2. The molecule has 2 amide bonds. The van der Waals surface area contributed by atoms with Crippen molar-refractivity contribution in [3.8, 4) is 17.9 Å². The van der Waals surface area contributed by atoms with E-state index in [0.717, 1.165) is 5.56 Å². The van der Waals surface area contributed by atoms with Crippen LogP contribution < -0.4 is 10.6 Å². The number of anilines is 2. The number of nitriles is 1. The molecule has 0 unspecified atom stereocenters. The van der Waals surface area contributed by atoms with Crippen LogP contribution in [0, 0.1) is 23.2 Å². The van der Waals surface area contributed by atoms with E-state index in [1.807, 2.05) is 36.4 Å². The van der Waals surface area contributed by atoms with Gasteiger partial charge in [0.1, 0.15) is 5.60 Å². The van der Waals surface area contributed by atoms with Crippen LogP contribution in [0.2, 0.25) is 0 Å². The zero-order chi connectivity index (χ0) is 26.1. The molecular formula is C29H25N3O4. The molecular weight excluding hydrogens is 454 g/mol. The van der Waals surface area contributed by atoms with Gasteiger partial charge in [-0.2, -0.15) is 5.26 Å². The van der Waals surface area contributed by atoms with Crippen molar-refractivity contribution in [2.45, 2.75) is 32.8 Å². The zero-order valence-corrected chi connectivity index (χ0v) is 20.2. The Balaban J connectivity index is 1.83. The molecule has 36 heavy (non-hydrogen) atoms. The van der Waals surface area contributed by atoms with Gasteiger partial charge >= 0.3 is 6.09 Å². The van der Waals surface area contributed by atoms with Crippen molar-refractivity contribution in [2.24, 2.45) is 0 Å². The van der Waals surface area contributed by atoms with Crippen molar-refractivity contribution < 1.29 is 19.1 Å². The first-order valence-corrected chi connectivity index (χ1v) is 11.2. The van der Waals surface area contributed by atoms with Crippen LogP contribution in [-0.4, -0.2) is 23.4 Å². The molecule has 0 aliphatic carbocycles. The van der Waals surface area contributed by atoms with Gasteiger partial charge in [-0.25, -0.2) is 4.79 Å². The lowest BCUT2D eigenvalue weighted by atomic mass is 10.1. The smallest absolute Gasteiger partial charge is 0.412 e. The first-order chi connectivity index (χ1) is 17.1. The Kier molecular flexibility index (Phi) is 8.22. The summed E-state index contributed by atoms with van der Waals surface area (Å²) in [4.78, 5) is 37.6. The van der Waals surface area contributed by atoms with Crippen molar-refractivity contribution in [3.05, 3.63) is 95.1 Å². The topological polar surface area (TPSA) is 108 Å². The zero-order valence-electron chi connectivity index (χ0n) is 20.2. The lowest BCUT2D eigenvalue weighted by Gasteiger charge is -2.20. The van der Waals surface area contributed by atoms with Crippen molar-refractivity contribution in [1.29, 1.82) is 5.26 Å². The third-order valence-electron chi connectivity index (χ3n) is 4.69. The minimum absolute atomic E-state index is 0.263. The summed E-state index contributed by atoms with van der Waals surface area (Å²) in [5.74, 6) is 5.05. The number of benzene rings is 3. The normalized spacial score (nSPS) is 10.3. The van der Waals surface area contributed by atoms with Gasteiger partial charge in [0.2, 0.25) is 5.91 Å². The van der Waals surface area contributed by atoms with Crippen LogP contribution in [0.4, 0.5) is 16.2 Å². The van der Waals surface area contributed by atoms with Crippen LogP contribution >= 0.6 is 0 Å². The maximum atomic E-state index is 12.7. The average molecular weight is 480 g/mol. The Morgan fingerprint density at radius 2 is 1.50 bits per heavy atom. The fraction of sp³-hybridized carbons (Fsp3) is 0.172. The fourth-order valence-corrected chi connectivity index (χ4v) is 3.12. The number of carbonyl (C=O) groups is 3. The number of hydrogen-bond acceptors (Lipinski definition) is 5. The van der Waals surface area contributed by atoms with E-state index in [0.29, 0.717) is 16.8 Å². The minimum Gasteiger partial charge on any atom is -0.444 e. The highest BCUT2D eigenvalue weighted by Crippen LogP contribution is 2.25. The lowest BCUT2D eigenvalue weighted by molar-refractivity contribution is -0.115. The second kappa shape index (κ2) is 11.5. The number of nitrogens with one attached hydrogen (secondary N) is 2. The van der Waals surface area contributed by atoms with E-state index in [9.17, 15) is 14.4 Å². The van der Waals surface area contributed by atoms with Crippen LogP contribution in [0.1, 0.15) is 54.2 Å². The Labute approximate surface area is 210 Å². The number of Topliss-reactive ketones (excluding diaryl/α,β-unsaturated/α-hetero) is 1. The molecule has 0 atom stereocenters. The summed E-state index contributed by atoms with van der Waals surface area (Å²) in [7, 11) is 0. The van der Waals surface area contributed by atoms with E-state index >= 15 is 0 Å². The number of nitrogens with zero attached hydrogens (tertiary/aromatic N) is 1. The van der Waals surface area contributed by atoms with Crippen molar-refractivity contribution >= 4 is 29.2 Å². The minimum atomic E-state index is -0.709. The van der Waals surface area contributed by atoms with E-state index in [1.165, 1.54) is 6.07 Å². The molecule has 0 bridgehead atoms. The van der Waals surface area contributed by atoms with Crippen LogP contribution in [0.3, 0.4) is 0 Å². The molecule has 0 saturated heterocycles. The molecule has 0 fully saturated rings. The molecule has 7 nitrogen and oxygen atoms in total. The second-order valence-corrected chi connectivity index (χ2v) is 8.84. The summed E-state index contributed by atoms with van der Waals surface area (Å²) < 4.78 is 5.31. The predicted molar refractivity (Wildman–Crippen MR) is 137 cm³/mol. The molecule has 0 aromatic heterocycles.